The molecule has 0 aliphatic carbocycles. The van der Waals surface area contributed by atoms with Crippen LogP contribution >= 0.6 is 0 Å². The van der Waals surface area contributed by atoms with Crippen molar-refractivity contribution < 1.29 is 14.0 Å². The first-order chi connectivity index (χ1) is 10.5. The number of rotatable bonds is 5. The number of aromatic nitrogens is 2. The van der Waals surface area contributed by atoms with Crippen LogP contribution in [0, 0.1) is 0 Å². The highest BCUT2D eigenvalue weighted by Gasteiger charge is 2.16. The zero-order valence-corrected chi connectivity index (χ0v) is 13.3. The number of hydrogen-bond donors (Lipinski definition) is 1. The van der Waals surface area contributed by atoms with E-state index < -0.39 is 11.2 Å². The van der Waals surface area contributed by atoms with Gasteiger partial charge in [-0.15, -0.1) is 0 Å². The van der Waals surface area contributed by atoms with E-state index in [9.17, 15) is 9.35 Å². The molecule has 0 amide bonds. The number of aromatic amines is 1. The second-order valence-corrected chi connectivity index (χ2v) is 5.73. The summed E-state index contributed by atoms with van der Waals surface area (Å²) in [5.74, 6) is 1.10. The van der Waals surface area contributed by atoms with Gasteiger partial charge in [0.1, 0.15) is 12.0 Å². The van der Waals surface area contributed by atoms with Crippen LogP contribution in [0.1, 0.15) is 11.3 Å². The van der Waals surface area contributed by atoms with Crippen molar-refractivity contribution >= 4 is 23.3 Å². The molecule has 0 aliphatic heterocycles. The average molecular weight is 320 g/mol. The van der Waals surface area contributed by atoms with Crippen molar-refractivity contribution in [2.24, 2.45) is 0 Å². The summed E-state index contributed by atoms with van der Waals surface area (Å²) in [6.45, 7) is 0. The summed E-state index contributed by atoms with van der Waals surface area (Å²) in [5, 5.41) is 6.25. The standard InChI is InChI=1S/C15H16N2O4S/c1-20-12-9-14(22(3)19)13(21-2)8-10(12)4-5-11-6-7-15(18)17-16-11/h4-9H,1-3H3,(H,17,18)/b5-4+. The third kappa shape index (κ3) is 3.69. The third-order valence-corrected chi connectivity index (χ3v) is 3.90. The van der Waals surface area contributed by atoms with E-state index >= 15 is 0 Å². The maximum atomic E-state index is 11.7. The van der Waals surface area contributed by atoms with E-state index in [-0.39, 0.29) is 5.56 Å². The SMILES string of the molecule is COc1cc([S+](C)[O-])c(OC)cc1/C=C/c1ccc(=O)[nH]n1. The minimum absolute atomic E-state index is 0.258. The first-order valence-corrected chi connectivity index (χ1v) is 7.94. The Labute approximate surface area is 131 Å². The van der Waals surface area contributed by atoms with Gasteiger partial charge < -0.3 is 14.0 Å². The van der Waals surface area contributed by atoms with Gasteiger partial charge in [0.05, 0.1) is 19.9 Å². The topological polar surface area (TPSA) is 87.3 Å². The molecule has 0 saturated heterocycles. The Kier molecular flexibility index (Phi) is 5.24. The Bertz CT molecular complexity index is 720. The number of nitrogens with one attached hydrogen (secondary N) is 1. The summed E-state index contributed by atoms with van der Waals surface area (Å²) in [7, 11) is 3.06. The Hall–Kier alpha value is -2.25. The van der Waals surface area contributed by atoms with Crippen LogP contribution in [0.3, 0.4) is 0 Å². The molecule has 1 aromatic carbocycles. The van der Waals surface area contributed by atoms with Gasteiger partial charge in [-0.25, -0.2) is 5.10 Å². The molecule has 0 radical (unpaired) electrons. The number of methoxy groups -OCH3 is 2. The van der Waals surface area contributed by atoms with Crippen molar-refractivity contribution in [2.45, 2.75) is 4.90 Å². The second-order valence-electron chi connectivity index (χ2n) is 4.38. The predicted octanol–water partition coefficient (Wildman–Crippen LogP) is 1.69. The molecule has 0 fully saturated rings. The van der Waals surface area contributed by atoms with Crippen LogP contribution in [0.15, 0.2) is 34.0 Å². The summed E-state index contributed by atoms with van der Waals surface area (Å²) in [6, 6.07) is 6.44. The molecule has 116 valence electrons. The van der Waals surface area contributed by atoms with Gasteiger partial charge in [0.2, 0.25) is 0 Å². The fourth-order valence-corrected chi connectivity index (χ4v) is 2.57. The smallest absolute Gasteiger partial charge is 0.264 e. The molecular weight excluding hydrogens is 304 g/mol. The maximum Gasteiger partial charge on any atom is 0.264 e. The molecule has 0 aliphatic rings. The molecule has 0 spiro atoms. The second kappa shape index (κ2) is 7.15. The van der Waals surface area contributed by atoms with Crippen LogP contribution in [0.2, 0.25) is 0 Å². The maximum absolute atomic E-state index is 11.7. The fourth-order valence-electron chi connectivity index (χ4n) is 1.87. The largest absolute Gasteiger partial charge is 0.612 e. The van der Waals surface area contributed by atoms with Gasteiger partial charge in [-0.2, -0.15) is 5.10 Å². The van der Waals surface area contributed by atoms with E-state index in [1.54, 1.807) is 43.7 Å². The van der Waals surface area contributed by atoms with E-state index in [2.05, 4.69) is 10.2 Å². The van der Waals surface area contributed by atoms with Crippen LogP contribution in [0.4, 0.5) is 0 Å². The van der Waals surface area contributed by atoms with Crippen LogP contribution in [-0.4, -0.2) is 35.2 Å². The van der Waals surface area contributed by atoms with Crippen LogP contribution < -0.4 is 15.0 Å². The summed E-state index contributed by atoms with van der Waals surface area (Å²) in [4.78, 5) is 11.5. The van der Waals surface area contributed by atoms with Crippen molar-refractivity contribution in [3.8, 4) is 11.5 Å². The van der Waals surface area contributed by atoms with Crippen molar-refractivity contribution in [1.82, 2.24) is 10.2 Å². The zero-order chi connectivity index (χ0) is 16.1. The fraction of sp³-hybridized carbons (Fsp3) is 0.200. The van der Waals surface area contributed by atoms with Crippen molar-refractivity contribution in [3.63, 3.8) is 0 Å². The van der Waals surface area contributed by atoms with Crippen LogP contribution in [-0.2, 0) is 11.2 Å². The Morgan fingerprint density at radius 3 is 2.45 bits per heavy atom. The van der Waals surface area contributed by atoms with E-state index in [0.29, 0.717) is 22.1 Å². The van der Waals surface area contributed by atoms with Gasteiger partial charge in [0.25, 0.3) is 5.56 Å². The summed E-state index contributed by atoms with van der Waals surface area (Å²) >= 11 is -1.18. The Morgan fingerprint density at radius 1 is 1.18 bits per heavy atom. The molecular formula is C15H16N2O4S. The third-order valence-electron chi connectivity index (χ3n) is 2.96. The lowest BCUT2D eigenvalue weighted by molar-refractivity contribution is 0.392. The van der Waals surface area contributed by atoms with Gasteiger partial charge in [-0.05, 0) is 35.5 Å². The minimum Gasteiger partial charge on any atom is -0.612 e. The van der Waals surface area contributed by atoms with Crippen molar-refractivity contribution in [1.29, 1.82) is 0 Å². The summed E-state index contributed by atoms with van der Waals surface area (Å²) in [5.41, 5.74) is 1.09. The number of ether oxygens (including phenoxy) is 2. The van der Waals surface area contributed by atoms with E-state index in [1.165, 1.54) is 13.2 Å². The molecule has 0 saturated carbocycles. The normalized spacial score (nSPS) is 12.4. The van der Waals surface area contributed by atoms with Crippen molar-refractivity contribution in [2.75, 3.05) is 20.5 Å². The van der Waals surface area contributed by atoms with Crippen LogP contribution in [0.5, 0.6) is 11.5 Å². The molecule has 1 heterocycles. The highest BCUT2D eigenvalue weighted by Crippen LogP contribution is 2.33. The first-order valence-electron chi connectivity index (χ1n) is 6.38. The summed E-state index contributed by atoms with van der Waals surface area (Å²) in [6.07, 6.45) is 5.09. The van der Waals surface area contributed by atoms with Gasteiger partial charge in [0.15, 0.2) is 10.6 Å². The molecule has 6 nitrogen and oxygen atoms in total. The Morgan fingerprint density at radius 2 is 1.91 bits per heavy atom. The minimum atomic E-state index is -1.18. The lowest BCUT2D eigenvalue weighted by atomic mass is 10.1. The molecule has 2 rings (SSSR count). The molecule has 1 unspecified atom stereocenters. The lowest BCUT2D eigenvalue weighted by Crippen LogP contribution is -2.05. The highest BCUT2D eigenvalue weighted by molar-refractivity contribution is 7.90. The van der Waals surface area contributed by atoms with Gasteiger partial charge >= 0.3 is 0 Å². The first kappa shape index (κ1) is 16.1. The molecule has 1 aromatic heterocycles. The summed E-state index contributed by atoms with van der Waals surface area (Å²) < 4.78 is 22.3. The van der Waals surface area contributed by atoms with Gasteiger partial charge in [0, 0.05) is 17.7 Å². The predicted molar refractivity (Wildman–Crippen MR) is 85.7 cm³/mol. The Balaban J connectivity index is 2.41. The average Bonchev–Trinajstić information content (AvgIpc) is 2.53. The monoisotopic (exact) mass is 320 g/mol. The number of hydrogen-bond acceptors (Lipinski definition) is 5. The number of H-pyrrole nitrogens is 1. The van der Waals surface area contributed by atoms with Crippen molar-refractivity contribution in [3.05, 3.63) is 45.9 Å². The lowest BCUT2D eigenvalue weighted by Gasteiger charge is -2.13. The highest BCUT2D eigenvalue weighted by atomic mass is 32.2. The van der Waals surface area contributed by atoms with Gasteiger partial charge in [-0.1, -0.05) is 0 Å². The quantitative estimate of drug-likeness (QED) is 0.847. The zero-order valence-electron chi connectivity index (χ0n) is 12.5. The molecule has 1 N–H and O–H groups in total. The van der Waals surface area contributed by atoms with E-state index in [1.807, 2.05) is 0 Å². The molecule has 22 heavy (non-hydrogen) atoms. The number of benzene rings is 1. The number of nitrogens with zero attached hydrogens (tertiary/aromatic N) is 1. The van der Waals surface area contributed by atoms with E-state index in [4.69, 9.17) is 9.47 Å². The van der Waals surface area contributed by atoms with Crippen LogP contribution in [0.25, 0.3) is 12.2 Å². The molecule has 0 bridgehead atoms. The molecule has 7 heteroatoms. The molecule has 1 atom stereocenters. The van der Waals surface area contributed by atoms with Gasteiger partial charge in [-0.3, -0.25) is 4.79 Å². The molecule has 2 aromatic rings. The van der Waals surface area contributed by atoms with E-state index in [0.717, 1.165) is 5.56 Å².